The molecule has 4 rings (SSSR count). The molecule has 1 amide bonds. The van der Waals surface area contributed by atoms with E-state index in [1.54, 1.807) is 44.4 Å². The number of thiazole rings is 1. The number of nitrogens with zero attached hydrogens (tertiary/aromatic N) is 3. The number of hydrogen-bond donors (Lipinski definition) is 0. The molecule has 8 nitrogen and oxygen atoms in total. The van der Waals surface area contributed by atoms with Crippen LogP contribution >= 0.6 is 11.3 Å². The number of fused-ring (bicyclic) bond motifs is 1. The topological polar surface area (TPSA) is 73.4 Å². The minimum Gasteiger partial charge on any atom is -0.497 e. The van der Waals surface area contributed by atoms with E-state index >= 15 is 0 Å². The van der Waals surface area contributed by atoms with Gasteiger partial charge in [-0.15, -0.1) is 0 Å². The Kier molecular flexibility index (Phi) is 7.09. The molecule has 0 bridgehead atoms. The van der Waals surface area contributed by atoms with Crippen LogP contribution in [-0.2, 0) is 4.74 Å². The number of carbonyl (C=O) groups excluding carboxylic acids is 1. The van der Waals surface area contributed by atoms with E-state index < -0.39 is 0 Å². The number of aromatic nitrogens is 1. The molecule has 0 radical (unpaired) electrons. The van der Waals surface area contributed by atoms with Crippen molar-refractivity contribution >= 4 is 32.6 Å². The summed E-state index contributed by atoms with van der Waals surface area (Å²) in [4.78, 5) is 22.5. The highest BCUT2D eigenvalue weighted by Gasteiger charge is 2.24. The highest BCUT2D eigenvalue weighted by atomic mass is 32.1. The monoisotopic (exact) mass is 457 g/mol. The lowest BCUT2D eigenvalue weighted by molar-refractivity contribution is 0.0391. The summed E-state index contributed by atoms with van der Waals surface area (Å²) in [5, 5.41) is 0.647. The van der Waals surface area contributed by atoms with Gasteiger partial charge >= 0.3 is 0 Å². The van der Waals surface area contributed by atoms with Gasteiger partial charge in [0.1, 0.15) is 17.2 Å². The van der Waals surface area contributed by atoms with Crippen LogP contribution in [0.25, 0.3) is 10.2 Å². The average Bonchev–Trinajstić information content (AvgIpc) is 3.27. The molecule has 1 aliphatic heterocycles. The average molecular weight is 458 g/mol. The number of hydrogen-bond acceptors (Lipinski definition) is 8. The highest BCUT2D eigenvalue weighted by molar-refractivity contribution is 7.22. The first-order valence-electron chi connectivity index (χ1n) is 10.4. The Labute approximate surface area is 191 Å². The predicted molar refractivity (Wildman–Crippen MR) is 125 cm³/mol. The fraction of sp³-hybridized carbons (Fsp3) is 0.391. The Hall–Kier alpha value is -2.88. The van der Waals surface area contributed by atoms with E-state index in [9.17, 15) is 4.79 Å². The van der Waals surface area contributed by atoms with Crippen molar-refractivity contribution in [3.63, 3.8) is 0 Å². The number of benzene rings is 2. The Morgan fingerprint density at radius 1 is 1.03 bits per heavy atom. The number of methoxy groups -OCH3 is 3. The molecular weight excluding hydrogens is 430 g/mol. The lowest BCUT2D eigenvalue weighted by Gasteiger charge is -2.29. The van der Waals surface area contributed by atoms with E-state index in [4.69, 9.17) is 23.9 Å². The van der Waals surface area contributed by atoms with E-state index in [1.807, 2.05) is 18.2 Å². The van der Waals surface area contributed by atoms with Crippen molar-refractivity contribution in [2.75, 3.05) is 65.6 Å². The van der Waals surface area contributed by atoms with Gasteiger partial charge < -0.3 is 18.9 Å². The van der Waals surface area contributed by atoms with E-state index in [0.717, 1.165) is 35.6 Å². The summed E-state index contributed by atoms with van der Waals surface area (Å²) in [6.07, 6.45) is 0. The van der Waals surface area contributed by atoms with Crippen molar-refractivity contribution in [3.8, 4) is 17.2 Å². The molecule has 1 saturated heterocycles. The van der Waals surface area contributed by atoms with Gasteiger partial charge in [0.05, 0.1) is 44.8 Å². The molecule has 32 heavy (non-hydrogen) atoms. The molecule has 1 aromatic heterocycles. The van der Waals surface area contributed by atoms with Crippen LogP contribution in [0.1, 0.15) is 10.4 Å². The normalized spacial score (nSPS) is 14.3. The largest absolute Gasteiger partial charge is 0.497 e. The molecular formula is C23H27N3O5S. The zero-order valence-electron chi connectivity index (χ0n) is 18.5. The number of ether oxygens (including phenoxy) is 4. The van der Waals surface area contributed by atoms with Crippen LogP contribution in [0.15, 0.2) is 36.4 Å². The summed E-state index contributed by atoms with van der Waals surface area (Å²) in [6.45, 7) is 4.37. The Morgan fingerprint density at radius 2 is 1.72 bits per heavy atom. The summed E-state index contributed by atoms with van der Waals surface area (Å²) in [5.41, 5.74) is 1.29. The standard InChI is InChI=1S/C23H27N3O5S/c1-28-17-4-5-21-20(15-17)24-23(32-21)26(7-6-25-8-10-31-11-9-25)22(27)16-12-18(29-2)14-19(13-16)30-3/h4-5,12-15H,6-11H2,1-3H3. The van der Waals surface area contributed by atoms with Crippen molar-refractivity contribution in [2.24, 2.45) is 0 Å². The summed E-state index contributed by atoms with van der Waals surface area (Å²) >= 11 is 1.49. The van der Waals surface area contributed by atoms with Gasteiger partial charge in [0.25, 0.3) is 5.91 Å². The number of morpholine rings is 1. The fourth-order valence-electron chi connectivity index (χ4n) is 3.57. The van der Waals surface area contributed by atoms with Gasteiger partial charge in [0.15, 0.2) is 5.13 Å². The van der Waals surface area contributed by atoms with Crippen LogP contribution in [0.2, 0.25) is 0 Å². The molecule has 170 valence electrons. The number of rotatable bonds is 8. The first-order chi connectivity index (χ1) is 15.6. The van der Waals surface area contributed by atoms with Crippen LogP contribution in [0.5, 0.6) is 17.2 Å². The molecule has 1 fully saturated rings. The molecule has 3 aromatic rings. The Morgan fingerprint density at radius 3 is 2.38 bits per heavy atom. The molecule has 2 aromatic carbocycles. The van der Waals surface area contributed by atoms with Crippen LogP contribution in [-0.4, -0.2) is 76.5 Å². The maximum Gasteiger partial charge on any atom is 0.260 e. The minimum absolute atomic E-state index is 0.151. The maximum atomic E-state index is 13.7. The number of amides is 1. The van der Waals surface area contributed by atoms with Gasteiger partial charge in [-0.25, -0.2) is 4.98 Å². The molecule has 0 saturated carbocycles. The summed E-state index contributed by atoms with van der Waals surface area (Å²) in [7, 11) is 4.77. The van der Waals surface area contributed by atoms with Crippen molar-refractivity contribution in [2.45, 2.75) is 0 Å². The third kappa shape index (κ3) is 4.95. The van der Waals surface area contributed by atoms with E-state index in [1.165, 1.54) is 11.3 Å². The van der Waals surface area contributed by atoms with Crippen molar-refractivity contribution in [1.82, 2.24) is 9.88 Å². The van der Waals surface area contributed by atoms with Crippen LogP contribution in [0, 0.1) is 0 Å². The Bertz CT molecular complexity index is 1060. The number of anilines is 1. The lowest BCUT2D eigenvalue weighted by atomic mass is 10.1. The molecule has 1 aliphatic rings. The first kappa shape index (κ1) is 22.3. The molecule has 0 spiro atoms. The molecule has 2 heterocycles. The van der Waals surface area contributed by atoms with Crippen LogP contribution in [0.4, 0.5) is 5.13 Å². The molecule has 0 N–H and O–H groups in total. The van der Waals surface area contributed by atoms with E-state index in [2.05, 4.69) is 4.90 Å². The van der Waals surface area contributed by atoms with E-state index in [-0.39, 0.29) is 5.91 Å². The van der Waals surface area contributed by atoms with Crippen LogP contribution < -0.4 is 19.1 Å². The van der Waals surface area contributed by atoms with Gasteiger partial charge in [-0.3, -0.25) is 14.6 Å². The lowest BCUT2D eigenvalue weighted by Crippen LogP contribution is -2.43. The van der Waals surface area contributed by atoms with Gasteiger partial charge in [-0.1, -0.05) is 11.3 Å². The number of carbonyl (C=O) groups is 1. The zero-order valence-corrected chi connectivity index (χ0v) is 19.3. The van der Waals surface area contributed by atoms with Crippen molar-refractivity contribution in [1.29, 1.82) is 0 Å². The SMILES string of the molecule is COc1cc(OC)cc(C(=O)N(CCN2CCOCC2)c2nc3cc(OC)ccc3s2)c1. The summed E-state index contributed by atoms with van der Waals surface area (Å²) in [5.74, 6) is 1.71. The first-order valence-corrected chi connectivity index (χ1v) is 11.2. The zero-order chi connectivity index (χ0) is 22.5. The quantitative estimate of drug-likeness (QED) is 0.514. The summed E-state index contributed by atoms with van der Waals surface area (Å²) < 4.78 is 22.5. The third-order valence-corrected chi connectivity index (χ3v) is 6.46. The maximum absolute atomic E-state index is 13.7. The minimum atomic E-state index is -0.151. The Balaban J connectivity index is 1.67. The predicted octanol–water partition coefficient (Wildman–Crippen LogP) is 3.30. The van der Waals surface area contributed by atoms with Crippen LogP contribution in [0.3, 0.4) is 0 Å². The van der Waals surface area contributed by atoms with Gasteiger partial charge in [-0.2, -0.15) is 0 Å². The van der Waals surface area contributed by atoms with Gasteiger partial charge in [0.2, 0.25) is 0 Å². The second-order valence-electron chi connectivity index (χ2n) is 7.34. The van der Waals surface area contributed by atoms with Gasteiger partial charge in [0, 0.05) is 43.9 Å². The third-order valence-electron chi connectivity index (χ3n) is 5.40. The molecule has 0 unspecified atom stereocenters. The van der Waals surface area contributed by atoms with E-state index in [0.29, 0.717) is 42.0 Å². The van der Waals surface area contributed by atoms with Crippen molar-refractivity contribution < 1.29 is 23.7 Å². The van der Waals surface area contributed by atoms with Crippen molar-refractivity contribution in [3.05, 3.63) is 42.0 Å². The smallest absolute Gasteiger partial charge is 0.260 e. The summed E-state index contributed by atoms with van der Waals surface area (Å²) in [6, 6.07) is 10.9. The molecule has 9 heteroatoms. The fourth-order valence-corrected chi connectivity index (χ4v) is 4.54. The molecule has 0 atom stereocenters. The second kappa shape index (κ2) is 10.2. The highest BCUT2D eigenvalue weighted by Crippen LogP contribution is 2.33. The second-order valence-corrected chi connectivity index (χ2v) is 8.35. The molecule has 0 aliphatic carbocycles. The van der Waals surface area contributed by atoms with Gasteiger partial charge in [-0.05, 0) is 24.3 Å².